The summed E-state index contributed by atoms with van der Waals surface area (Å²) in [6, 6.07) is 4.76. The highest BCUT2D eigenvalue weighted by molar-refractivity contribution is 9.10. The molecule has 1 aromatic carbocycles. The number of rotatable bonds is 2. The van der Waals surface area contributed by atoms with E-state index in [4.69, 9.17) is 0 Å². The second-order valence-corrected chi connectivity index (χ2v) is 6.24. The highest BCUT2D eigenvalue weighted by Crippen LogP contribution is 2.30. The smallest absolute Gasteiger partial charge is 0.326 e. The number of fused-ring (bicyclic) bond motifs is 1. The second kappa shape index (κ2) is 6.08. The van der Waals surface area contributed by atoms with Gasteiger partial charge in [0.2, 0.25) is 0 Å². The zero-order valence-electron chi connectivity index (χ0n) is 12.4. The van der Waals surface area contributed by atoms with Crippen molar-refractivity contribution in [1.82, 2.24) is 14.9 Å². The van der Waals surface area contributed by atoms with E-state index in [1.165, 1.54) is 17.4 Å². The third-order valence-corrected chi connectivity index (χ3v) is 4.76. The average molecular weight is 376 g/mol. The Kier molecular flexibility index (Phi) is 4.12. The van der Waals surface area contributed by atoms with Gasteiger partial charge in [0, 0.05) is 23.6 Å². The summed E-state index contributed by atoms with van der Waals surface area (Å²) in [7, 11) is 0. The van der Waals surface area contributed by atoms with E-state index in [0.717, 1.165) is 15.6 Å². The molecule has 1 amide bonds. The van der Waals surface area contributed by atoms with Crippen LogP contribution in [0.15, 0.2) is 35.2 Å². The van der Waals surface area contributed by atoms with Crippen LogP contribution in [0.25, 0.3) is 0 Å². The third kappa shape index (κ3) is 2.84. The molecule has 1 unspecified atom stereocenters. The molecule has 1 aliphatic rings. The number of aromatic nitrogens is 2. The Hall–Kier alpha value is -2.28. The summed E-state index contributed by atoms with van der Waals surface area (Å²) in [6.45, 7) is 1.96. The standard InChI is InChI=1S/C16H14BrN3O3/c1-9-12(6-18-8-19-9)15(21)20-7-10-3-2-4-13(17)11(10)5-14(20)16(22)23/h2-4,6,8,14H,5,7H2,1H3,(H,22,23). The summed E-state index contributed by atoms with van der Waals surface area (Å²) in [5.41, 5.74) is 2.75. The molecule has 0 aliphatic carbocycles. The molecule has 118 valence electrons. The predicted octanol–water partition coefficient (Wildman–Crippen LogP) is 2.20. The molecule has 7 heteroatoms. The Morgan fingerprint density at radius 1 is 1.39 bits per heavy atom. The number of carbonyl (C=O) groups excluding carboxylic acids is 1. The maximum Gasteiger partial charge on any atom is 0.326 e. The van der Waals surface area contributed by atoms with E-state index < -0.39 is 12.0 Å². The molecule has 23 heavy (non-hydrogen) atoms. The number of aryl methyl sites for hydroxylation is 1. The van der Waals surface area contributed by atoms with Crippen molar-refractivity contribution in [2.45, 2.75) is 25.9 Å². The lowest BCUT2D eigenvalue weighted by Crippen LogP contribution is -2.49. The molecule has 2 aromatic rings. The normalized spacial score (nSPS) is 16.8. The number of nitrogens with zero attached hydrogens (tertiary/aromatic N) is 3. The number of halogens is 1. The van der Waals surface area contributed by atoms with Gasteiger partial charge in [0.05, 0.1) is 11.3 Å². The van der Waals surface area contributed by atoms with Gasteiger partial charge in [-0.25, -0.2) is 14.8 Å². The van der Waals surface area contributed by atoms with Gasteiger partial charge in [-0.15, -0.1) is 0 Å². The van der Waals surface area contributed by atoms with E-state index in [2.05, 4.69) is 25.9 Å². The van der Waals surface area contributed by atoms with E-state index in [-0.39, 0.29) is 18.9 Å². The SMILES string of the molecule is Cc1ncncc1C(=O)N1Cc2cccc(Br)c2CC1C(=O)O. The van der Waals surface area contributed by atoms with Gasteiger partial charge < -0.3 is 10.0 Å². The number of carboxylic acid groups (broad SMARTS) is 1. The molecule has 0 spiro atoms. The molecule has 6 nitrogen and oxygen atoms in total. The van der Waals surface area contributed by atoms with E-state index in [1.54, 1.807) is 6.92 Å². The van der Waals surface area contributed by atoms with Crippen LogP contribution in [-0.4, -0.2) is 37.9 Å². The summed E-state index contributed by atoms with van der Waals surface area (Å²) >= 11 is 3.46. The topological polar surface area (TPSA) is 83.4 Å². The molecule has 1 atom stereocenters. The summed E-state index contributed by atoms with van der Waals surface area (Å²) in [4.78, 5) is 33.7. The first-order chi connectivity index (χ1) is 11.0. The van der Waals surface area contributed by atoms with Crippen LogP contribution >= 0.6 is 15.9 Å². The quantitative estimate of drug-likeness (QED) is 0.869. The maximum absolute atomic E-state index is 12.8. The summed E-state index contributed by atoms with van der Waals surface area (Å²) in [5.74, 6) is -1.38. The number of aliphatic carboxylic acids is 1. The van der Waals surface area contributed by atoms with E-state index in [1.807, 2.05) is 18.2 Å². The van der Waals surface area contributed by atoms with Crippen LogP contribution in [0.1, 0.15) is 27.2 Å². The van der Waals surface area contributed by atoms with Crippen LogP contribution in [0.3, 0.4) is 0 Å². The summed E-state index contributed by atoms with van der Waals surface area (Å²) < 4.78 is 0.868. The molecule has 1 N–H and O–H groups in total. The lowest BCUT2D eigenvalue weighted by molar-refractivity contribution is -0.142. The van der Waals surface area contributed by atoms with Gasteiger partial charge in [0.25, 0.3) is 5.91 Å². The minimum absolute atomic E-state index is 0.249. The minimum atomic E-state index is -1.02. The van der Waals surface area contributed by atoms with Crippen molar-refractivity contribution >= 4 is 27.8 Å². The molecule has 0 saturated carbocycles. The largest absolute Gasteiger partial charge is 0.480 e. The number of carboxylic acids is 1. The first-order valence-corrected chi connectivity index (χ1v) is 7.85. The van der Waals surface area contributed by atoms with Gasteiger partial charge in [-0.05, 0) is 24.1 Å². The fraction of sp³-hybridized carbons (Fsp3) is 0.250. The summed E-state index contributed by atoms with van der Waals surface area (Å²) in [5, 5.41) is 9.55. The number of hydrogen-bond acceptors (Lipinski definition) is 4. The van der Waals surface area contributed by atoms with Crippen LogP contribution in [0.2, 0.25) is 0 Å². The third-order valence-electron chi connectivity index (χ3n) is 4.02. The van der Waals surface area contributed by atoms with Crippen LogP contribution in [-0.2, 0) is 17.8 Å². The fourth-order valence-electron chi connectivity index (χ4n) is 2.77. The van der Waals surface area contributed by atoms with Crippen molar-refractivity contribution in [3.8, 4) is 0 Å². The molecule has 1 aliphatic heterocycles. The van der Waals surface area contributed by atoms with Crippen LogP contribution in [0.5, 0.6) is 0 Å². The van der Waals surface area contributed by atoms with Crippen LogP contribution < -0.4 is 0 Å². The molecule has 0 bridgehead atoms. The van der Waals surface area contributed by atoms with E-state index in [9.17, 15) is 14.7 Å². The highest BCUT2D eigenvalue weighted by atomic mass is 79.9. The van der Waals surface area contributed by atoms with Gasteiger partial charge >= 0.3 is 5.97 Å². The maximum atomic E-state index is 12.8. The fourth-order valence-corrected chi connectivity index (χ4v) is 3.34. The molecule has 3 rings (SSSR count). The lowest BCUT2D eigenvalue weighted by Gasteiger charge is -2.35. The Labute approximate surface area is 141 Å². The molecular formula is C16H14BrN3O3. The van der Waals surface area contributed by atoms with Crippen LogP contribution in [0, 0.1) is 6.92 Å². The molecule has 2 heterocycles. The Bertz CT molecular complexity index is 794. The predicted molar refractivity (Wildman–Crippen MR) is 85.9 cm³/mol. The van der Waals surface area contributed by atoms with Gasteiger partial charge in [-0.2, -0.15) is 0 Å². The molecule has 0 radical (unpaired) electrons. The van der Waals surface area contributed by atoms with Gasteiger partial charge in [-0.1, -0.05) is 28.1 Å². The van der Waals surface area contributed by atoms with Crippen molar-refractivity contribution in [3.63, 3.8) is 0 Å². The molecule has 0 saturated heterocycles. The average Bonchev–Trinajstić information content (AvgIpc) is 2.54. The first-order valence-electron chi connectivity index (χ1n) is 7.05. The molecular weight excluding hydrogens is 362 g/mol. The van der Waals surface area contributed by atoms with Crippen LogP contribution in [0.4, 0.5) is 0 Å². The number of carbonyl (C=O) groups is 2. The van der Waals surface area contributed by atoms with Crippen molar-refractivity contribution in [2.75, 3.05) is 0 Å². The molecule has 1 aromatic heterocycles. The molecule has 0 fully saturated rings. The second-order valence-electron chi connectivity index (χ2n) is 5.39. The monoisotopic (exact) mass is 375 g/mol. The van der Waals surface area contributed by atoms with Gasteiger partial charge in [0.15, 0.2) is 0 Å². The zero-order chi connectivity index (χ0) is 16.6. The van der Waals surface area contributed by atoms with Crippen molar-refractivity contribution < 1.29 is 14.7 Å². The Morgan fingerprint density at radius 2 is 2.17 bits per heavy atom. The van der Waals surface area contributed by atoms with Gasteiger partial charge in [-0.3, -0.25) is 4.79 Å². The zero-order valence-corrected chi connectivity index (χ0v) is 13.9. The van der Waals surface area contributed by atoms with Crippen molar-refractivity contribution in [1.29, 1.82) is 0 Å². The lowest BCUT2D eigenvalue weighted by atomic mass is 9.93. The number of amides is 1. The highest BCUT2D eigenvalue weighted by Gasteiger charge is 2.36. The number of hydrogen-bond donors (Lipinski definition) is 1. The minimum Gasteiger partial charge on any atom is -0.480 e. The summed E-state index contributed by atoms with van der Waals surface area (Å²) in [6.07, 6.45) is 3.06. The van der Waals surface area contributed by atoms with E-state index >= 15 is 0 Å². The first kappa shape index (κ1) is 15.6. The van der Waals surface area contributed by atoms with Crippen molar-refractivity contribution in [3.05, 3.63) is 57.6 Å². The Balaban J connectivity index is 2.02. The number of benzene rings is 1. The van der Waals surface area contributed by atoms with Crippen molar-refractivity contribution in [2.24, 2.45) is 0 Å². The van der Waals surface area contributed by atoms with E-state index in [0.29, 0.717) is 11.3 Å². The van der Waals surface area contributed by atoms with Gasteiger partial charge in [0.1, 0.15) is 12.4 Å². The Morgan fingerprint density at radius 3 is 2.87 bits per heavy atom.